The van der Waals surface area contributed by atoms with E-state index in [1.807, 2.05) is 0 Å². The van der Waals surface area contributed by atoms with Crippen LogP contribution in [0.1, 0.15) is 21.7 Å². The fourth-order valence-electron chi connectivity index (χ4n) is 2.56. The molecule has 1 aromatic heterocycles. The maximum atomic E-state index is 12.6. The van der Waals surface area contributed by atoms with Gasteiger partial charge in [0.15, 0.2) is 6.61 Å². The summed E-state index contributed by atoms with van der Waals surface area (Å²) in [6.07, 6.45) is 1.32. The van der Waals surface area contributed by atoms with Crippen LogP contribution >= 0.6 is 46.4 Å². The predicted octanol–water partition coefficient (Wildman–Crippen LogP) is 5.08. The number of hydrogen-bond acceptors (Lipinski definition) is 6. The highest BCUT2D eigenvalue weighted by molar-refractivity contribution is 6.39. The van der Waals surface area contributed by atoms with E-state index in [0.717, 1.165) is 0 Å². The van der Waals surface area contributed by atoms with Gasteiger partial charge in [0.2, 0.25) is 0 Å². The molecule has 0 unspecified atom stereocenters. The topological polar surface area (TPSA) is 106 Å². The van der Waals surface area contributed by atoms with Gasteiger partial charge in [-0.05, 0) is 31.2 Å². The molecule has 3 rings (SSSR count). The smallest absolute Gasteiger partial charge is 0.279 e. The molecule has 0 bridgehead atoms. The predicted molar refractivity (Wildman–Crippen MR) is 122 cm³/mol. The third-order valence-electron chi connectivity index (χ3n) is 4.03. The van der Waals surface area contributed by atoms with Crippen LogP contribution in [0.15, 0.2) is 46.1 Å². The third-order valence-corrected chi connectivity index (χ3v) is 5.22. The molecule has 166 valence electrons. The number of benzene rings is 2. The summed E-state index contributed by atoms with van der Waals surface area (Å²) in [5.74, 6) is -1.13. The zero-order valence-electron chi connectivity index (χ0n) is 16.3. The van der Waals surface area contributed by atoms with E-state index in [9.17, 15) is 9.59 Å². The lowest BCUT2D eigenvalue weighted by atomic mass is 10.1. The molecule has 0 radical (unpaired) electrons. The molecule has 1 heterocycles. The summed E-state index contributed by atoms with van der Waals surface area (Å²) in [5, 5.41) is 8.96. The zero-order chi connectivity index (χ0) is 23.3. The molecule has 0 spiro atoms. The summed E-state index contributed by atoms with van der Waals surface area (Å²) < 4.78 is 5.12. The Balaban J connectivity index is 1.59. The highest BCUT2D eigenvalue weighted by Crippen LogP contribution is 2.36. The molecule has 8 nitrogen and oxygen atoms in total. The highest BCUT2D eigenvalue weighted by atomic mass is 35.5. The second-order valence-corrected chi connectivity index (χ2v) is 7.89. The zero-order valence-corrected chi connectivity index (χ0v) is 19.3. The van der Waals surface area contributed by atoms with Gasteiger partial charge in [0.05, 0.1) is 21.3 Å². The lowest BCUT2D eigenvalue weighted by molar-refractivity contribution is -0.126. The third kappa shape index (κ3) is 5.72. The van der Waals surface area contributed by atoms with Crippen molar-refractivity contribution in [2.24, 2.45) is 5.16 Å². The van der Waals surface area contributed by atoms with E-state index in [0.29, 0.717) is 21.2 Å². The second kappa shape index (κ2) is 10.7. The number of hydrogen-bond donors (Lipinski definition) is 2. The van der Waals surface area contributed by atoms with Crippen molar-refractivity contribution in [1.82, 2.24) is 16.0 Å². The molecule has 32 heavy (non-hydrogen) atoms. The monoisotopic (exact) mass is 514 g/mol. The Morgan fingerprint density at radius 1 is 1.09 bits per heavy atom. The van der Waals surface area contributed by atoms with Gasteiger partial charge in [0, 0.05) is 16.1 Å². The molecule has 0 fully saturated rings. The fourth-order valence-corrected chi connectivity index (χ4v) is 3.59. The summed E-state index contributed by atoms with van der Waals surface area (Å²) in [6.45, 7) is 1.07. The minimum atomic E-state index is -0.681. The SMILES string of the molecule is Cc1onc(-c2c(Cl)cccc2Cl)c1C(=O)NNC(=O)CO/N=C\c1ccc(Cl)cc1Cl. The molecule has 0 atom stereocenters. The van der Waals surface area contributed by atoms with Crippen molar-refractivity contribution in [3.05, 3.63) is 73.4 Å². The van der Waals surface area contributed by atoms with Gasteiger partial charge in [-0.25, -0.2) is 0 Å². The van der Waals surface area contributed by atoms with Gasteiger partial charge in [-0.3, -0.25) is 20.4 Å². The molecule has 0 aliphatic carbocycles. The minimum Gasteiger partial charge on any atom is -0.386 e. The van der Waals surface area contributed by atoms with Gasteiger partial charge in [-0.2, -0.15) is 0 Å². The molecule has 3 aromatic rings. The number of hydrazine groups is 1. The molecular weight excluding hydrogens is 502 g/mol. The highest BCUT2D eigenvalue weighted by Gasteiger charge is 2.25. The summed E-state index contributed by atoms with van der Waals surface area (Å²) in [7, 11) is 0. The first-order chi connectivity index (χ1) is 15.3. The molecule has 0 aliphatic rings. The van der Waals surface area contributed by atoms with Crippen molar-refractivity contribution in [1.29, 1.82) is 0 Å². The van der Waals surface area contributed by atoms with Crippen LogP contribution in [-0.4, -0.2) is 29.8 Å². The number of carbonyl (C=O) groups is 2. The van der Waals surface area contributed by atoms with Crippen LogP contribution in [0.4, 0.5) is 0 Å². The number of nitrogens with one attached hydrogen (secondary N) is 2. The molecule has 2 N–H and O–H groups in total. The van der Waals surface area contributed by atoms with Crippen molar-refractivity contribution in [3.63, 3.8) is 0 Å². The second-order valence-electron chi connectivity index (χ2n) is 6.24. The Kier molecular flexibility index (Phi) is 7.98. The first-order valence-electron chi connectivity index (χ1n) is 8.88. The molecule has 2 aromatic carbocycles. The van der Waals surface area contributed by atoms with Crippen molar-refractivity contribution >= 4 is 64.4 Å². The van der Waals surface area contributed by atoms with E-state index in [-0.39, 0.29) is 27.1 Å². The summed E-state index contributed by atoms with van der Waals surface area (Å²) >= 11 is 24.2. The largest absolute Gasteiger partial charge is 0.386 e. The number of nitrogens with zero attached hydrogens (tertiary/aromatic N) is 2. The Morgan fingerprint density at radius 2 is 1.81 bits per heavy atom. The lowest BCUT2D eigenvalue weighted by Gasteiger charge is -2.08. The Labute approximate surface area is 202 Å². The van der Waals surface area contributed by atoms with Crippen LogP contribution in [0.25, 0.3) is 11.3 Å². The summed E-state index contributed by atoms with van der Waals surface area (Å²) in [6, 6.07) is 9.68. The van der Waals surface area contributed by atoms with E-state index in [4.69, 9.17) is 55.8 Å². The maximum Gasteiger partial charge on any atom is 0.279 e. The molecule has 0 saturated heterocycles. The van der Waals surface area contributed by atoms with Gasteiger partial charge in [0.1, 0.15) is 17.0 Å². The van der Waals surface area contributed by atoms with E-state index < -0.39 is 18.4 Å². The number of aromatic nitrogens is 1. The molecule has 12 heteroatoms. The average Bonchev–Trinajstić information content (AvgIpc) is 3.11. The van der Waals surface area contributed by atoms with Crippen LogP contribution in [0.3, 0.4) is 0 Å². The van der Waals surface area contributed by atoms with Crippen molar-refractivity contribution in [2.45, 2.75) is 6.92 Å². The number of aryl methyl sites for hydroxylation is 1. The number of oxime groups is 1. The maximum absolute atomic E-state index is 12.6. The van der Waals surface area contributed by atoms with Gasteiger partial charge < -0.3 is 9.36 Å². The molecular formula is C20H14Cl4N4O4. The van der Waals surface area contributed by atoms with E-state index >= 15 is 0 Å². The first-order valence-corrected chi connectivity index (χ1v) is 10.4. The normalized spacial score (nSPS) is 10.9. The van der Waals surface area contributed by atoms with Crippen molar-refractivity contribution in [3.8, 4) is 11.3 Å². The van der Waals surface area contributed by atoms with E-state index in [2.05, 4.69) is 21.2 Å². The number of rotatable bonds is 6. The minimum absolute atomic E-state index is 0.0663. The van der Waals surface area contributed by atoms with Crippen LogP contribution < -0.4 is 10.9 Å². The molecule has 0 saturated carbocycles. The Bertz CT molecular complexity index is 1180. The first kappa shape index (κ1) is 23.9. The van der Waals surface area contributed by atoms with Gasteiger partial charge in [0.25, 0.3) is 11.8 Å². The molecule has 0 aliphatic heterocycles. The number of halogens is 4. The van der Waals surface area contributed by atoms with Gasteiger partial charge in [-0.1, -0.05) is 68.8 Å². The fraction of sp³-hybridized carbons (Fsp3) is 0.100. The lowest BCUT2D eigenvalue weighted by Crippen LogP contribution is -2.43. The summed E-state index contributed by atoms with van der Waals surface area (Å²) in [5.41, 5.74) is 5.56. The van der Waals surface area contributed by atoms with E-state index in [1.165, 1.54) is 13.1 Å². The average molecular weight is 516 g/mol. The van der Waals surface area contributed by atoms with Gasteiger partial charge >= 0.3 is 0 Å². The number of carbonyl (C=O) groups excluding carboxylic acids is 2. The summed E-state index contributed by atoms with van der Waals surface area (Å²) in [4.78, 5) is 29.5. The Hall–Kier alpha value is -2.78. The Morgan fingerprint density at radius 3 is 2.50 bits per heavy atom. The molecule has 2 amide bonds. The number of amides is 2. The standard InChI is InChI=1S/C20H14Cl4N4O4/c1-10-17(19(28-32-10)18-13(22)3-2-4-14(18)23)20(30)27-26-16(29)9-31-25-8-11-5-6-12(21)7-15(11)24/h2-8H,9H2,1H3,(H,26,29)(H,27,30)/b25-8-. The van der Waals surface area contributed by atoms with Crippen molar-refractivity contribution in [2.75, 3.05) is 6.61 Å². The van der Waals surface area contributed by atoms with Crippen LogP contribution in [0, 0.1) is 6.92 Å². The van der Waals surface area contributed by atoms with Gasteiger partial charge in [-0.15, -0.1) is 0 Å². The van der Waals surface area contributed by atoms with Crippen LogP contribution in [0.2, 0.25) is 20.1 Å². The van der Waals surface area contributed by atoms with Crippen molar-refractivity contribution < 1.29 is 18.9 Å². The van der Waals surface area contributed by atoms with Crippen LogP contribution in [0.5, 0.6) is 0 Å². The quantitative estimate of drug-likeness (QED) is 0.352. The van der Waals surface area contributed by atoms with Crippen LogP contribution in [-0.2, 0) is 9.63 Å². The van der Waals surface area contributed by atoms with E-state index in [1.54, 1.807) is 36.4 Å².